The number of likely N-dealkylation sites (N-methyl/N-ethyl adjacent to an activating group) is 1. The van der Waals surface area contributed by atoms with Gasteiger partial charge in [-0.15, -0.1) is 0 Å². The molecule has 0 aromatic carbocycles. The van der Waals surface area contributed by atoms with E-state index in [0.717, 1.165) is 44.0 Å². The van der Waals surface area contributed by atoms with Gasteiger partial charge in [-0.2, -0.15) is 5.10 Å². The van der Waals surface area contributed by atoms with Crippen LogP contribution in [0.4, 0.5) is 0 Å². The Hall–Kier alpha value is -2.23. The average Bonchev–Trinajstić information content (AvgIpc) is 3.21. The summed E-state index contributed by atoms with van der Waals surface area (Å²) in [7, 11) is 5.93. The quantitative estimate of drug-likeness (QED) is 0.790. The molecule has 0 bridgehead atoms. The molecule has 9 nitrogen and oxygen atoms in total. The van der Waals surface area contributed by atoms with Crippen molar-refractivity contribution in [3.8, 4) is 0 Å². The summed E-state index contributed by atoms with van der Waals surface area (Å²) in [6, 6.07) is -0.180. The molecule has 2 aromatic heterocycles. The van der Waals surface area contributed by atoms with Crippen LogP contribution in [0, 0.1) is 0 Å². The van der Waals surface area contributed by atoms with E-state index in [9.17, 15) is 4.79 Å². The molecule has 2 aromatic rings. The Morgan fingerprint density at radius 2 is 2.18 bits per heavy atom. The minimum Gasteiger partial charge on any atom is -0.373 e. The molecule has 0 radical (unpaired) electrons. The minimum absolute atomic E-state index is 0.0329. The summed E-state index contributed by atoms with van der Waals surface area (Å²) >= 11 is 0. The summed E-state index contributed by atoms with van der Waals surface area (Å²) in [5, 5.41) is 7.68. The summed E-state index contributed by atoms with van der Waals surface area (Å²) in [6.07, 6.45) is 6.43. The van der Waals surface area contributed by atoms with Gasteiger partial charge in [0, 0.05) is 64.1 Å². The highest BCUT2D eigenvalue weighted by Crippen LogP contribution is 2.31. The molecule has 2 atom stereocenters. The standard InChI is InChI=1S/C19H29N7O2/c1-23(2)13-16-18(14-10-21-24(3)11-14)26(8-9-28-16)19(27)15-12-25-7-6-20-5-4-17(25)22-15/h10-12,16,18,20H,4-9,13H2,1-3H3/t16-,18-/m0/s1. The molecule has 0 aliphatic carbocycles. The molecular formula is C19H29N7O2. The molecule has 2 aliphatic heterocycles. The van der Waals surface area contributed by atoms with Crippen LogP contribution in [0.5, 0.6) is 0 Å². The van der Waals surface area contributed by atoms with Gasteiger partial charge in [0.15, 0.2) is 0 Å². The third kappa shape index (κ3) is 3.82. The van der Waals surface area contributed by atoms with Crippen molar-refractivity contribution in [2.45, 2.75) is 25.1 Å². The first kappa shape index (κ1) is 19.1. The molecule has 9 heteroatoms. The minimum atomic E-state index is -0.180. The number of morpholine rings is 1. The van der Waals surface area contributed by atoms with Crippen molar-refractivity contribution in [2.75, 3.05) is 46.9 Å². The Balaban J connectivity index is 1.64. The van der Waals surface area contributed by atoms with Gasteiger partial charge < -0.3 is 24.4 Å². The maximum absolute atomic E-state index is 13.5. The first-order chi connectivity index (χ1) is 13.5. The molecule has 0 spiro atoms. The fourth-order valence-corrected chi connectivity index (χ4v) is 4.08. The molecule has 4 rings (SSSR count). The number of aromatic nitrogens is 4. The van der Waals surface area contributed by atoms with Gasteiger partial charge in [-0.1, -0.05) is 0 Å². The topological polar surface area (TPSA) is 80.5 Å². The number of nitrogens with one attached hydrogen (secondary N) is 1. The van der Waals surface area contributed by atoms with Crippen molar-refractivity contribution in [1.29, 1.82) is 0 Å². The highest BCUT2D eigenvalue weighted by Gasteiger charge is 2.38. The van der Waals surface area contributed by atoms with Gasteiger partial charge in [0.05, 0.1) is 24.9 Å². The summed E-state index contributed by atoms with van der Waals surface area (Å²) in [5.41, 5.74) is 1.52. The van der Waals surface area contributed by atoms with Crippen LogP contribution in [0.3, 0.4) is 0 Å². The Bertz CT molecular complexity index is 805. The lowest BCUT2D eigenvalue weighted by Crippen LogP contribution is -2.51. The molecule has 152 valence electrons. The zero-order chi connectivity index (χ0) is 19.7. The molecule has 2 aliphatic rings. The SMILES string of the molecule is CN(C)C[C@@H]1OCCN(C(=O)c2cn3c(n2)CCNCC3)[C@H]1c1cnn(C)c1. The van der Waals surface area contributed by atoms with E-state index in [0.29, 0.717) is 18.8 Å². The Labute approximate surface area is 165 Å². The second kappa shape index (κ2) is 8.02. The highest BCUT2D eigenvalue weighted by molar-refractivity contribution is 5.92. The summed E-state index contributed by atoms with van der Waals surface area (Å²) < 4.78 is 9.94. The van der Waals surface area contributed by atoms with Crippen LogP contribution in [0.25, 0.3) is 0 Å². The third-order valence-corrected chi connectivity index (χ3v) is 5.36. The number of ether oxygens (including phenoxy) is 1. The monoisotopic (exact) mass is 387 g/mol. The van der Waals surface area contributed by atoms with Crippen molar-refractivity contribution in [1.82, 2.24) is 34.4 Å². The van der Waals surface area contributed by atoms with E-state index in [1.807, 2.05) is 44.6 Å². The van der Waals surface area contributed by atoms with E-state index < -0.39 is 0 Å². The number of amides is 1. The molecular weight excluding hydrogens is 358 g/mol. The van der Waals surface area contributed by atoms with E-state index >= 15 is 0 Å². The van der Waals surface area contributed by atoms with Gasteiger partial charge in [-0.3, -0.25) is 9.48 Å². The van der Waals surface area contributed by atoms with Crippen LogP contribution in [0.2, 0.25) is 0 Å². The maximum Gasteiger partial charge on any atom is 0.274 e. The summed E-state index contributed by atoms with van der Waals surface area (Å²) in [5.74, 6) is 0.943. The summed E-state index contributed by atoms with van der Waals surface area (Å²) in [4.78, 5) is 22.1. The van der Waals surface area contributed by atoms with Crippen LogP contribution in [-0.2, 0) is 24.8 Å². The van der Waals surface area contributed by atoms with Crippen LogP contribution < -0.4 is 5.32 Å². The van der Waals surface area contributed by atoms with Gasteiger partial charge >= 0.3 is 0 Å². The fraction of sp³-hybridized carbons (Fsp3) is 0.632. The molecule has 1 saturated heterocycles. The van der Waals surface area contributed by atoms with Crippen LogP contribution >= 0.6 is 0 Å². The highest BCUT2D eigenvalue weighted by atomic mass is 16.5. The fourth-order valence-electron chi connectivity index (χ4n) is 4.08. The molecule has 0 unspecified atom stereocenters. The van der Waals surface area contributed by atoms with Crippen molar-refractivity contribution in [3.63, 3.8) is 0 Å². The number of imidazole rings is 1. The van der Waals surface area contributed by atoms with Crippen LogP contribution in [-0.4, -0.2) is 88.0 Å². The van der Waals surface area contributed by atoms with E-state index in [1.165, 1.54) is 0 Å². The molecule has 28 heavy (non-hydrogen) atoms. The predicted molar refractivity (Wildman–Crippen MR) is 104 cm³/mol. The first-order valence-electron chi connectivity index (χ1n) is 9.85. The largest absolute Gasteiger partial charge is 0.373 e. The first-order valence-corrected chi connectivity index (χ1v) is 9.85. The summed E-state index contributed by atoms with van der Waals surface area (Å²) in [6.45, 7) is 4.44. The molecule has 1 N–H and O–H groups in total. The Morgan fingerprint density at radius 1 is 1.32 bits per heavy atom. The average molecular weight is 387 g/mol. The lowest BCUT2D eigenvalue weighted by atomic mass is 10.00. The van der Waals surface area contributed by atoms with E-state index in [2.05, 4.69) is 24.9 Å². The number of fused-ring (bicyclic) bond motifs is 1. The second-order valence-corrected chi connectivity index (χ2v) is 7.80. The van der Waals surface area contributed by atoms with Gasteiger partial charge in [-0.05, 0) is 14.1 Å². The zero-order valence-electron chi connectivity index (χ0n) is 16.8. The van der Waals surface area contributed by atoms with Crippen molar-refractivity contribution in [3.05, 3.63) is 35.7 Å². The maximum atomic E-state index is 13.5. The number of aryl methyl sites for hydroxylation is 1. The Kier molecular flexibility index (Phi) is 5.47. The third-order valence-electron chi connectivity index (χ3n) is 5.36. The number of hydrogen-bond donors (Lipinski definition) is 1. The van der Waals surface area contributed by atoms with Gasteiger partial charge in [-0.25, -0.2) is 4.98 Å². The van der Waals surface area contributed by atoms with Gasteiger partial charge in [0.2, 0.25) is 0 Å². The normalized spacial score (nSPS) is 22.9. The van der Waals surface area contributed by atoms with E-state index in [1.54, 1.807) is 4.68 Å². The van der Waals surface area contributed by atoms with Crippen LogP contribution in [0.1, 0.15) is 27.9 Å². The Morgan fingerprint density at radius 3 is 2.93 bits per heavy atom. The second-order valence-electron chi connectivity index (χ2n) is 7.80. The van der Waals surface area contributed by atoms with Crippen molar-refractivity contribution in [2.24, 2.45) is 7.05 Å². The van der Waals surface area contributed by atoms with Crippen LogP contribution in [0.15, 0.2) is 18.6 Å². The molecule has 1 amide bonds. The zero-order valence-corrected chi connectivity index (χ0v) is 16.8. The van der Waals surface area contributed by atoms with Crippen molar-refractivity contribution < 1.29 is 9.53 Å². The number of carbonyl (C=O) groups excluding carboxylic acids is 1. The number of hydrogen-bond acceptors (Lipinski definition) is 6. The number of nitrogens with zero attached hydrogens (tertiary/aromatic N) is 6. The van der Waals surface area contributed by atoms with Gasteiger partial charge in [0.1, 0.15) is 11.5 Å². The number of rotatable bonds is 4. The molecule has 0 saturated carbocycles. The van der Waals surface area contributed by atoms with Crippen molar-refractivity contribution >= 4 is 5.91 Å². The van der Waals surface area contributed by atoms with Gasteiger partial charge in [0.25, 0.3) is 5.91 Å². The number of carbonyl (C=O) groups is 1. The molecule has 1 fully saturated rings. The lowest BCUT2D eigenvalue weighted by molar-refractivity contribution is -0.0686. The smallest absolute Gasteiger partial charge is 0.274 e. The lowest BCUT2D eigenvalue weighted by Gasteiger charge is -2.41. The molecule has 4 heterocycles. The predicted octanol–water partition coefficient (Wildman–Crippen LogP) is -0.0938. The van der Waals surface area contributed by atoms with E-state index in [4.69, 9.17) is 4.74 Å². The van der Waals surface area contributed by atoms with E-state index in [-0.39, 0.29) is 18.1 Å².